The van der Waals surface area contributed by atoms with E-state index in [4.69, 9.17) is 11.6 Å². The minimum Gasteiger partial charge on any atom is -0.355 e. The Balaban J connectivity index is 0.00000231. The van der Waals surface area contributed by atoms with Crippen molar-refractivity contribution < 1.29 is 9.59 Å². The average molecular weight is 459 g/mol. The van der Waals surface area contributed by atoms with Crippen LogP contribution in [0.25, 0.3) is 22.2 Å². The molecular formula is C23H24Cl2N4O2. The molecule has 3 heterocycles. The smallest absolute Gasteiger partial charge is 0.252 e. The van der Waals surface area contributed by atoms with Crippen LogP contribution in [0.5, 0.6) is 0 Å². The van der Waals surface area contributed by atoms with Gasteiger partial charge in [0, 0.05) is 78.9 Å². The van der Waals surface area contributed by atoms with Gasteiger partial charge in [-0.1, -0.05) is 23.7 Å². The fourth-order valence-electron chi connectivity index (χ4n) is 4.44. The number of piperazine rings is 1. The van der Waals surface area contributed by atoms with Gasteiger partial charge in [-0.3, -0.25) is 14.5 Å². The highest BCUT2D eigenvalue weighted by molar-refractivity contribution is 6.32. The first kappa shape index (κ1) is 21.7. The summed E-state index contributed by atoms with van der Waals surface area (Å²) in [4.78, 5) is 31.6. The van der Waals surface area contributed by atoms with Crippen LogP contribution >= 0.6 is 24.0 Å². The molecule has 3 aromatic rings. The number of hydrogen-bond acceptors (Lipinski definition) is 3. The third-order valence-electron chi connectivity index (χ3n) is 6.11. The Hall–Kier alpha value is -2.54. The first-order valence-electron chi connectivity index (χ1n) is 10.2. The van der Waals surface area contributed by atoms with E-state index in [0.29, 0.717) is 17.1 Å². The number of carbonyl (C=O) groups excluding carboxylic acids is 2. The molecule has 31 heavy (non-hydrogen) atoms. The number of nitrogens with one attached hydrogen (secondary N) is 2. The van der Waals surface area contributed by atoms with Gasteiger partial charge >= 0.3 is 0 Å². The highest BCUT2D eigenvalue weighted by Gasteiger charge is 2.26. The number of H-pyrrole nitrogens is 1. The van der Waals surface area contributed by atoms with E-state index in [1.807, 2.05) is 17.0 Å². The van der Waals surface area contributed by atoms with E-state index < -0.39 is 0 Å². The molecule has 2 N–H and O–H groups in total. The van der Waals surface area contributed by atoms with Gasteiger partial charge in [0.25, 0.3) is 5.91 Å². The van der Waals surface area contributed by atoms with Gasteiger partial charge in [-0.2, -0.15) is 0 Å². The van der Waals surface area contributed by atoms with Crippen molar-refractivity contribution >= 4 is 46.7 Å². The Bertz CT molecular complexity index is 1170. The SMILES string of the molecule is CC(=O)N1CCN(Cc2ccc3[nH]c(-c4ccc(Cl)c5c4C(=O)NC5)cc3c2)CC1.Cl. The molecule has 0 bridgehead atoms. The predicted molar refractivity (Wildman–Crippen MR) is 125 cm³/mol. The minimum absolute atomic E-state index is 0. The normalized spacial score (nSPS) is 16.2. The fourth-order valence-corrected chi connectivity index (χ4v) is 4.67. The number of halogens is 2. The van der Waals surface area contributed by atoms with Gasteiger partial charge in [0.15, 0.2) is 0 Å². The van der Waals surface area contributed by atoms with E-state index in [0.717, 1.165) is 60.4 Å². The van der Waals surface area contributed by atoms with Crippen molar-refractivity contribution in [1.29, 1.82) is 0 Å². The first-order chi connectivity index (χ1) is 14.5. The maximum atomic E-state index is 12.4. The van der Waals surface area contributed by atoms with Crippen molar-refractivity contribution in [2.75, 3.05) is 26.2 Å². The maximum Gasteiger partial charge on any atom is 0.252 e. The molecule has 0 saturated carbocycles. The lowest BCUT2D eigenvalue weighted by Gasteiger charge is -2.34. The molecule has 0 aliphatic carbocycles. The molecule has 1 aromatic heterocycles. The number of nitrogens with zero attached hydrogens (tertiary/aromatic N) is 2. The minimum atomic E-state index is -0.0773. The molecule has 0 atom stereocenters. The van der Waals surface area contributed by atoms with Crippen LogP contribution in [0.4, 0.5) is 0 Å². The van der Waals surface area contributed by atoms with Gasteiger partial charge in [-0.15, -0.1) is 12.4 Å². The molecule has 0 spiro atoms. The summed E-state index contributed by atoms with van der Waals surface area (Å²) in [7, 11) is 0. The standard InChI is InChI=1S/C23H23ClN4O2.ClH/c1-14(29)28-8-6-27(7-9-28)13-15-2-5-20-16(10-15)11-21(26-20)17-3-4-19(24)18-12-25-23(30)22(17)18;/h2-5,10-11,26H,6-9,12-13H2,1H3,(H,25,30);1H. The Morgan fingerprint density at radius 1 is 1.10 bits per heavy atom. The molecule has 162 valence electrons. The van der Waals surface area contributed by atoms with E-state index in [1.165, 1.54) is 5.56 Å². The summed E-state index contributed by atoms with van der Waals surface area (Å²) in [6.07, 6.45) is 0. The van der Waals surface area contributed by atoms with Crippen LogP contribution in [0.1, 0.15) is 28.4 Å². The topological polar surface area (TPSA) is 68.4 Å². The number of amides is 2. The number of hydrogen-bond donors (Lipinski definition) is 2. The predicted octanol–water partition coefficient (Wildman–Crippen LogP) is 3.82. The van der Waals surface area contributed by atoms with Crippen molar-refractivity contribution in [1.82, 2.24) is 20.1 Å². The zero-order chi connectivity index (χ0) is 20.8. The molecule has 8 heteroatoms. The lowest BCUT2D eigenvalue weighted by molar-refractivity contribution is -0.130. The van der Waals surface area contributed by atoms with Gasteiger partial charge < -0.3 is 15.2 Å². The molecule has 6 nitrogen and oxygen atoms in total. The number of rotatable bonds is 3. The summed E-state index contributed by atoms with van der Waals surface area (Å²) in [6, 6.07) is 12.3. The van der Waals surface area contributed by atoms with Crippen molar-refractivity contribution in [3.8, 4) is 11.3 Å². The van der Waals surface area contributed by atoms with Crippen LogP contribution in [-0.4, -0.2) is 52.8 Å². The van der Waals surface area contributed by atoms with E-state index in [2.05, 4.69) is 39.5 Å². The third kappa shape index (κ3) is 4.03. The van der Waals surface area contributed by atoms with Crippen molar-refractivity contribution in [2.45, 2.75) is 20.0 Å². The van der Waals surface area contributed by atoms with Crippen molar-refractivity contribution in [3.63, 3.8) is 0 Å². The Labute approximate surface area is 192 Å². The maximum absolute atomic E-state index is 12.4. The van der Waals surface area contributed by atoms with Gasteiger partial charge in [0.05, 0.1) is 5.56 Å². The Kier molecular flexibility index (Phi) is 5.97. The molecule has 2 aromatic carbocycles. The third-order valence-corrected chi connectivity index (χ3v) is 6.46. The molecule has 0 unspecified atom stereocenters. The van der Waals surface area contributed by atoms with Crippen LogP contribution in [0.3, 0.4) is 0 Å². The number of benzene rings is 2. The van der Waals surface area contributed by atoms with Crippen molar-refractivity contribution in [3.05, 3.63) is 58.1 Å². The molecule has 5 rings (SSSR count). The van der Waals surface area contributed by atoms with E-state index in [-0.39, 0.29) is 24.2 Å². The fraction of sp³-hybridized carbons (Fsp3) is 0.304. The second-order valence-corrected chi connectivity index (χ2v) is 8.43. The summed E-state index contributed by atoms with van der Waals surface area (Å²) < 4.78 is 0. The quantitative estimate of drug-likeness (QED) is 0.626. The van der Waals surface area contributed by atoms with E-state index in [9.17, 15) is 9.59 Å². The summed E-state index contributed by atoms with van der Waals surface area (Å²) in [5.41, 5.74) is 5.60. The molecule has 2 amide bonds. The largest absolute Gasteiger partial charge is 0.355 e. The molecule has 0 radical (unpaired) electrons. The van der Waals surface area contributed by atoms with Crippen molar-refractivity contribution in [2.24, 2.45) is 0 Å². The van der Waals surface area contributed by atoms with Gasteiger partial charge in [0.1, 0.15) is 0 Å². The highest BCUT2D eigenvalue weighted by Crippen LogP contribution is 2.34. The van der Waals surface area contributed by atoms with Crippen LogP contribution in [0.15, 0.2) is 36.4 Å². The number of carbonyl (C=O) groups is 2. The number of aromatic nitrogens is 1. The van der Waals surface area contributed by atoms with Crippen LogP contribution in [0.2, 0.25) is 5.02 Å². The van der Waals surface area contributed by atoms with E-state index in [1.54, 1.807) is 6.92 Å². The van der Waals surface area contributed by atoms with Gasteiger partial charge in [-0.25, -0.2) is 0 Å². The Morgan fingerprint density at radius 2 is 1.87 bits per heavy atom. The molecule has 2 aliphatic rings. The Morgan fingerprint density at radius 3 is 2.61 bits per heavy atom. The summed E-state index contributed by atoms with van der Waals surface area (Å²) >= 11 is 6.28. The van der Waals surface area contributed by atoms with Gasteiger partial charge in [-0.05, 0) is 29.8 Å². The molecule has 2 aliphatic heterocycles. The summed E-state index contributed by atoms with van der Waals surface area (Å²) in [5, 5.41) is 4.61. The van der Waals surface area contributed by atoms with Crippen LogP contribution in [0, 0.1) is 0 Å². The van der Waals surface area contributed by atoms with Crippen LogP contribution in [-0.2, 0) is 17.9 Å². The monoisotopic (exact) mass is 458 g/mol. The number of aromatic amines is 1. The summed E-state index contributed by atoms with van der Waals surface area (Å²) in [5.74, 6) is 0.0739. The van der Waals surface area contributed by atoms with Crippen LogP contribution < -0.4 is 5.32 Å². The molecule has 1 saturated heterocycles. The summed E-state index contributed by atoms with van der Waals surface area (Å²) in [6.45, 7) is 6.32. The molecule has 1 fully saturated rings. The lowest BCUT2D eigenvalue weighted by Crippen LogP contribution is -2.47. The zero-order valence-electron chi connectivity index (χ0n) is 17.2. The second-order valence-electron chi connectivity index (χ2n) is 8.02. The van der Waals surface area contributed by atoms with Gasteiger partial charge in [0.2, 0.25) is 5.91 Å². The molecular weight excluding hydrogens is 435 g/mol. The first-order valence-corrected chi connectivity index (χ1v) is 10.6. The lowest BCUT2D eigenvalue weighted by atomic mass is 10.0. The zero-order valence-corrected chi connectivity index (χ0v) is 18.8. The average Bonchev–Trinajstić information content (AvgIpc) is 3.33. The second kappa shape index (κ2) is 8.54. The highest BCUT2D eigenvalue weighted by atomic mass is 35.5. The van der Waals surface area contributed by atoms with E-state index >= 15 is 0 Å². The number of fused-ring (bicyclic) bond motifs is 2.